The number of benzene rings is 1. The maximum atomic E-state index is 13.0. The van der Waals surface area contributed by atoms with Gasteiger partial charge in [-0.15, -0.1) is 22.7 Å². The van der Waals surface area contributed by atoms with Crippen LogP contribution in [0.15, 0.2) is 40.8 Å². The highest BCUT2D eigenvalue weighted by Crippen LogP contribution is 2.50. The van der Waals surface area contributed by atoms with Gasteiger partial charge in [0.25, 0.3) is 5.91 Å². The van der Waals surface area contributed by atoms with E-state index >= 15 is 0 Å². The van der Waals surface area contributed by atoms with E-state index in [0.29, 0.717) is 5.00 Å². The van der Waals surface area contributed by atoms with Crippen LogP contribution in [0.5, 0.6) is 0 Å². The summed E-state index contributed by atoms with van der Waals surface area (Å²) in [6.07, 6.45) is 0.773. The summed E-state index contributed by atoms with van der Waals surface area (Å²) in [6, 6.07) is 10.4. The van der Waals surface area contributed by atoms with Gasteiger partial charge in [-0.05, 0) is 57.9 Å². The standard InChI is InChI=1S/C23H22N4O4S2/c1-22(2)11-12-17(20-24-13-7-5-6-8-15(13)32-20)21(33-18(12)23(3,4)26-22)25-19(28)14-9-10-16(31-14)27(29)30/h5-10,26H,11H2,1-4H3,(H,25,28). The van der Waals surface area contributed by atoms with Crippen molar-refractivity contribution in [3.63, 3.8) is 0 Å². The molecule has 10 heteroatoms. The lowest BCUT2D eigenvalue weighted by molar-refractivity contribution is -0.402. The number of furan rings is 1. The Labute approximate surface area is 197 Å². The Bertz CT molecular complexity index is 1380. The third kappa shape index (κ3) is 3.84. The number of thiophene rings is 1. The minimum atomic E-state index is -0.663. The van der Waals surface area contributed by atoms with E-state index in [1.807, 2.05) is 24.3 Å². The van der Waals surface area contributed by atoms with E-state index in [4.69, 9.17) is 9.40 Å². The van der Waals surface area contributed by atoms with Gasteiger partial charge < -0.3 is 15.1 Å². The second-order valence-corrected chi connectivity index (χ2v) is 11.3. The van der Waals surface area contributed by atoms with E-state index in [2.05, 4.69) is 38.3 Å². The van der Waals surface area contributed by atoms with Crippen LogP contribution in [-0.4, -0.2) is 21.4 Å². The molecule has 0 atom stereocenters. The van der Waals surface area contributed by atoms with E-state index in [0.717, 1.165) is 37.6 Å². The van der Waals surface area contributed by atoms with Gasteiger partial charge in [0, 0.05) is 21.5 Å². The number of thiazole rings is 1. The molecule has 0 saturated heterocycles. The van der Waals surface area contributed by atoms with Gasteiger partial charge in [-0.3, -0.25) is 14.9 Å². The van der Waals surface area contributed by atoms with Crippen LogP contribution in [0.2, 0.25) is 0 Å². The number of anilines is 1. The Morgan fingerprint density at radius 2 is 1.94 bits per heavy atom. The van der Waals surface area contributed by atoms with Gasteiger partial charge in [0.05, 0.1) is 16.3 Å². The van der Waals surface area contributed by atoms with Crippen molar-refractivity contribution in [3.8, 4) is 10.6 Å². The number of nitrogens with one attached hydrogen (secondary N) is 2. The number of fused-ring (bicyclic) bond motifs is 2. The summed E-state index contributed by atoms with van der Waals surface area (Å²) in [5, 5.41) is 19.1. The molecule has 33 heavy (non-hydrogen) atoms. The summed E-state index contributed by atoms with van der Waals surface area (Å²) in [4.78, 5) is 29.2. The van der Waals surface area contributed by atoms with E-state index in [1.165, 1.54) is 23.5 Å². The number of hydrogen-bond acceptors (Lipinski definition) is 8. The molecule has 0 bridgehead atoms. The zero-order valence-electron chi connectivity index (χ0n) is 18.5. The lowest BCUT2D eigenvalue weighted by Gasteiger charge is -2.42. The van der Waals surface area contributed by atoms with Crippen LogP contribution in [-0.2, 0) is 12.0 Å². The van der Waals surface area contributed by atoms with Crippen LogP contribution in [0.4, 0.5) is 10.9 Å². The average Bonchev–Trinajstić information content (AvgIpc) is 3.42. The van der Waals surface area contributed by atoms with Crippen molar-refractivity contribution in [1.82, 2.24) is 10.3 Å². The first-order valence-electron chi connectivity index (χ1n) is 10.4. The molecule has 2 N–H and O–H groups in total. The molecule has 4 aromatic rings. The number of aromatic nitrogens is 1. The van der Waals surface area contributed by atoms with Gasteiger partial charge >= 0.3 is 5.88 Å². The highest BCUT2D eigenvalue weighted by molar-refractivity contribution is 7.23. The number of nitro groups is 1. The van der Waals surface area contributed by atoms with Crippen molar-refractivity contribution in [1.29, 1.82) is 0 Å². The van der Waals surface area contributed by atoms with Crippen molar-refractivity contribution in [3.05, 3.63) is 62.7 Å². The van der Waals surface area contributed by atoms with Crippen molar-refractivity contribution in [2.45, 2.75) is 45.2 Å². The molecule has 4 heterocycles. The third-order valence-corrected chi connectivity index (χ3v) is 8.10. The van der Waals surface area contributed by atoms with Gasteiger partial charge in [-0.2, -0.15) is 0 Å². The summed E-state index contributed by atoms with van der Waals surface area (Å²) in [5.41, 5.74) is 2.52. The maximum absolute atomic E-state index is 13.0. The van der Waals surface area contributed by atoms with Crippen LogP contribution in [0, 0.1) is 10.1 Å². The summed E-state index contributed by atoms with van der Waals surface area (Å²) >= 11 is 3.09. The number of carbonyl (C=O) groups is 1. The number of para-hydroxylation sites is 1. The fraction of sp³-hybridized carbons (Fsp3) is 0.304. The first-order chi connectivity index (χ1) is 15.5. The lowest BCUT2D eigenvalue weighted by Crippen LogP contribution is -2.54. The summed E-state index contributed by atoms with van der Waals surface area (Å²) in [7, 11) is 0. The number of nitrogens with zero attached hydrogens (tertiary/aromatic N) is 2. The molecule has 0 radical (unpaired) electrons. The first-order valence-corrected chi connectivity index (χ1v) is 12.0. The van der Waals surface area contributed by atoms with Crippen LogP contribution >= 0.6 is 22.7 Å². The van der Waals surface area contributed by atoms with E-state index in [-0.39, 0.29) is 16.8 Å². The number of carbonyl (C=O) groups excluding carboxylic acids is 1. The fourth-order valence-corrected chi connectivity index (χ4v) is 6.92. The molecule has 0 saturated carbocycles. The molecule has 1 amide bonds. The van der Waals surface area contributed by atoms with Crippen molar-refractivity contribution < 1.29 is 14.1 Å². The molecular weight excluding hydrogens is 460 g/mol. The van der Waals surface area contributed by atoms with Crippen molar-refractivity contribution >= 4 is 49.7 Å². The summed E-state index contributed by atoms with van der Waals surface area (Å²) < 4.78 is 6.19. The number of hydrogen-bond donors (Lipinski definition) is 2. The summed E-state index contributed by atoms with van der Waals surface area (Å²) in [6.45, 7) is 8.59. The van der Waals surface area contributed by atoms with Crippen molar-refractivity contribution in [2.75, 3.05) is 5.32 Å². The normalized spacial score (nSPS) is 16.5. The van der Waals surface area contributed by atoms with E-state index in [9.17, 15) is 14.9 Å². The molecule has 170 valence electrons. The Balaban J connectivity index is 1.65. The van der Waals surface area contributed by atoms with Crippen molar-refractivity contribution in [2.24, 2.45) is 0 Å². The monoisotopic (exact) mass is 482 g/mol. The van der Waals surface area contributed by atoms with Gasteiger partial charge in [0.15, 0.2) is 5.76 Å². The molecular formula is C23H22N4O4S2. The molecule has 0 fully saturated rings. The van der Waals surface area contributed by atoms with E-state index < -0.39 is 16.7 Å². The molecule has 3 aromatic heterocycles. The Morgan fingerprint density at radius 1 is 1.18 bits per heavy atom. The highest BCUT2D eigenvalue weighted by atomic mass is 32.1. The smallest absolute Gasteiger partial charge is 0.395 e. The first kappa shape index (κ1) is 21.7. The number of amides is 1. The van der Waals surface area contributed by atoms with Crippen LogP contribution in [0.25, 0.3) is 20.8 Å². The van der Waals surface area contributed by atoms with Gasteiger partial charge in [0.1, 0.15) is 14.9 Å². The number of rotatable bonds is 4. The second-order valence-electron chi connectivity index (χ2n) is 9.26. The second kappa shape index (κ2) is 7.47. The Hall–Kier alpha value is -3.08. The molecule has 8 nitrogen and oxygen atoms in total. The average molecular weight is 483 g/mol. The molecule has 0 unspecified atom stereocenters. The highest BCUT2D eigenvalue weighted by Gasteiger charge is 2.41. The van der Waals surface area contributed by atoms with E-state index in [1.54, 1.807) is 11.3 Å². The predicted octanol–water partition coefficient (Wildman–Crippen LogP) is 5.94. The zero-order chi connectivity index (χ0) is 23.5. The molecule has 1 aliphatic heterocycles. The molecule has 5 rings (SSSR count). The molecule has 1 aliphatic rings. The van der Waals surface area contributed by atoms with Crippen LogP contribution in [0.3, 0.4) is 0 Å². The predicted molar refractivity (Wildman–Crippen MR) is 130 cm³/mol. The van der Waals surface area contributed by atoms with Gasteiger partial charge in [-0.1, -0.05) is 12.1 Å². The van der Waals surface area contributed by atoms with Crippen LogP contribution in [0.1, 0.15) is 48.7 Å². The maximum Gasteiger partial charge on any atom is 0.433 e. The Kier molecular flexibility index (Phi) is 4.93. The van der Waals surface area contributed by atoms with Gasteiger partial charge in [-0.25, -0.2) is 4.98 Å². The molecule has 0 aliphatic carbocycles. The quantitative estimate of drug-likeness (QED) is 0.275. The molecule has 1 aromatic carbocycles. The van der Waals surface area contributed by atoms with Crippen LogP contribution < -0.4 is 10.6 Å². The summed E-state index contributed by atoms with van der Waals surface area (Å²) in [5.74, 6) is -1.11. The largest absolute Gasteiger partial charge is 0.433 e. The lowest BCUT2D eigenvalue weighted by atomic mass is 9.81. The minimum absolute atomic E-state index is 0.110. The minimum Gasteiger partial charge on any atom is -0.395 e. The zero-order valence-corrected chi connectivity index (χ0v) is 20.1. The Morgan fingerprint density at radius 3 is 2.64 bits per heavy atom. The topological polar surface area (TPSA) is 110 Å². The van der Waals surface area contributed by atoms with Gasteiger partial charge in [0.2, 0.25) is 0 Å². The SMILES string of the molecule is CC1(C)Cc2c(sc(NC(=O)c3ccc([N+](=O)[O-])o3)c2-c2nc3ccccc3s2)C(C)(C)N1. The fourth-order valence-electron chi connectivity index (χ4n) is 4.53. The molecule has 0 spiro atoms. The third-order valence-electron chi connectivity index (χ3n) is 5.57.